The summed E-state index contributed by atoms with van der Waals surface area (Å²) in [5, 5.41) is 8.69. The molecular formula is C14H17NO2. The molecule has 90 valence electrons. The number of hydrogen-bond acceptors (Lipinski definition) is 2. The van der Waals surface area contributed by atoms with E-state index in [0.29, 0.717) is 0 Å². The van der Waals surface area contributed by atoms with Crippen molar-refractivity contribution in [2.45, 2.75) is 26.7 Å². The molecule has 0 atom stereocenters. The molecular weight excluding hydrogens is 214 g/mol. The molecule has 0 aromatic carbocycles. The van der Waals surface area contributed by atoms with Crippen LogP contribution in [0.3, 0.4) is 0 Å². The van der Waals surface area contributed by atoms with Gasteiger partial charge in [0.15, 0.2) is 0 Å². The molecule has 17 heavy (non-hydrogen) atoms. The minimum Gasteiger partial charge on any atom is -0.477 e. The number of carbonyl (C=O) groups is 1. The maximum absolute atomic E-state index is 10.6. The van der Waals surface area contributed by atoms with Gasteiger partial charge in [0.05, 0.1) is 0 Å². The van der Waals surface area contributed by atoms with E-state index in [1.54, 1.807) is 12.3 Å². The summed E-state index contributed by atoms with van der Waals surface area (Å²) >= 11 is 0. The maximum Gasteiger partial charge on any atom is 0.354 e. The van der Waals surface area contributed by atoms with E-state index in [-0.39, 0.29) is 5.69 Å². The molecule has 0 unspecified atom stereocenters. The van der Waals surface area contributed by atoms with E-state index in [1.165, 1.54) is 6.07 Å². The Balaban J connectivity index is 0.000000686. The molecule has 0 aliphatic heterocycles. The molecule has 1 aromatic rings. The van der Waals surface area contributed by atoms with E-state index in [9.17, 15) is 4.79 Å². The third-order valence-electron chi connectivity index (χ3n) is 2.31. The van der Waals surface area contributed by atoms with Gasteiger partial charge in [-0.15, -0.1) is 0 Å². The van der Waals surface area contributed by atoms with Gasteiger partial charge in [-0.2, -0.15) is 0 Å². The lowest BCUT2D eigenvalue weighted by atomic mass is 10.0. The fraction of sp³-hybridized carbons (Fsp3) is 0.286. The second-order valence-corrected chi connectivity index (χ2v) is 3.38. The standard InChI is InChI=1S/C12H11NO2.C2H6/c14-12(15)11-7-6-10(8-13-11)9-4-2-1-3-5-9;1-2/h2,4-8H,1,3H2,(H,14,15);1-2H3. The summed E-state index contributed by atoms with van der Waals surface area (Å²) in [7, 11) is 0. The Morgan fingerprint density at radius 3 is 2.53 bits per heavy atom. The van der Waals surface area contributed by atoms with Gasteiger partial charge in [-0.1, -0.05) is 38.1 Å². The van der Waals surface area contributed by atoms with Gasteiger partial charge in [0.25, 0.3) is 0 Å². The Morgan fingerprint density at radius 2 is 2.06 bits per heavy atom. The number of allylic oxidation sites excluding steroid dienone is 4. The van der Waals surface area contributed by atoms with E-state index >= 15 is 0 Å². The third kappa shape index (κ3) is 3.55. The molecule has 3 nitrogen and oxygen atoms in total. The molecule has 0 fully saturated rings. The van der Waals surface area contributed by atoms with Gasteiger partial charge in [0.1, 0.15) is 5.69 Å². The zero-order valence-corrected chi connectivity index (χ0v) is 10.2. The first kappa shape index (κ1) is 13.2. The van der Waals surface area contributed by atoms with Crippen LogP contribution in [0, 0.1) is 0 Å². The number of aromatic nitrogens is 1. The summed E-state index contributed by atoms with van der Waals surface area (Å²) in [4.78, 5) is 14.5. The van der Waals surface area contributed by atoms with Crippen molar-refractivity contribution in [2.24, 2.45) is 0 Å². The van der Waals surface area contributed by atoms with Crippen molar-refractivity contribution in [2.75, 3.05) is 0 Å². The van der Waals surface area contributed by atoms with Gasteiger partial charge in [0.2, 0.25) is 0 Å². The lowest BCUT2D eigenvalue weighted by Crippen LogP contribution is -2.00. The van der Waals surface area contributed by atoms with E-state index in [0.717, 1.165) is 24.0 Å². The predicted octanol–water partition coefficient (Wildman–Crippen LogP) is 3.54. The Morgan fingerprint density at radius 1 is 1.29 bits per heavy atom. The van der Waals surface area contributed by atoms with Crippen LogP contribution >= 0.6 is 0 Å². The average molecular weight is 231 g/mol. The van der Waals surface area contributed by atoms with Crippen molar-refractivity contribution in [3.05, 3.63) is 47.8 Å². The van der Waals surface area contributed by atoms with Crippen LogP contribution in [0.4, 0.5) is 0 Å². The summed E-state index contributed by atoms with van der Waals surface area (Å²) < 4.78 is 0. The second-order valence-electron chi connectivity index (χ2n) is 3.38. The van der Waals surface area contributed by atoms with E-state index in [2.05, 4.69) is 17.1 Å². The molecule has 0 bridgehead atoms. The first-order valence-electron chi connectivity index (χ1n) is 5.84. The van der Waals surface area contributed by atoms with Gasteiger partial charge in [-0.3, -0.25) is 0 Å². The SMILES string of the molecule is CC.O=C(O)c1ccc(C2=CCCC=C2)cn1. The monoisotopic (exact) mass is 231 g/mol. The lowest BCUT2D eigenvalue weighted by Gasteiger charge is -2.06. The molecule has 1 aliphatic rings. The fourth-order valence-electron chi connectivity index (χ4n) is 1.52. The van der Waals surface area contributed by atoms with Gasteiger partial charge < -0.3 is 5.11 Å². The normalized spacial score (nSPS) is 13.4. The number of pyridine rings is 1. The van der Waals surface area contributed by atoms with Gasteiger partial charge in [-0.05, 0) is 30.0 Å². The van der Waals surface area contributed by atoms with E-state index in [4.69, 9.17) is 5.11 Å². The van der Waals surface area contributed by atoms with Crippen molar-refractivity contribution in [1.82, 2.24) is 4.98 Å². The number of nitrogens with zero attached hydrogens (tertiary/aromatic N) is 1. The Hall–Kier alpha value is -1.90. The number of aromatic carboxylic acids is 1. The molecule has 0 amide bonds. The van der Waals surface area contributed by atoms with Crippen molar-refractivity contribution in [3.8, 4) is 0 Å². The number of carboxylic acids is 1. The first-order chi connectivity index (χ1) is 8.27. The highest BCUT2D eigenvalue weighted by Crippen LogP contribution is 2.20. The summed E-state index contributed by atoms with van der Waals surface area (Å²) in [5.74, 6) is -0.991. The van der Waals surface area contributed by atoms with Crippen LogP contribution in [0.5, 0.6) is 0 Å². The van der Waals surface area contributed by atoms with Gasteiger partial charge in [0, 0.05) is 6.20 Å². The molecule has 2 rings (SSSR count). The minimum atomic E-state index is -0.991. The van der Waals surface area contributed by atoms with E-state index < -0.39 is 5.97 Å². The summed E-state index contributed by atoms with van der Waals surface area (Å²) in [6, 6.07) is 3.32. The molecule has 3 heteroatoms. The van der Waals surface area contributed by atoms with Crippen LogP contribution in [-0.4, -0.2) is 16.1 Å². The number of rotatable bonds is 2. The fourth-order valence-corrected chi connectivity index (χ4v) is 1.52. The molecule has 0 spiro atoms. The second kappa shape index (κ2) is 6.63. The van der Waals surface area contributed by atoms with Crippen LogP contribution in [0.2, 0.25) is 0 Å². The van der Waals surface area contributed by atoms with Gasteiger partial charge in [-0.25, -0.2) is 9.78 Å². The highest BCUT2D eigenvalue weighted by molar-refractivity contribution is 5.86. The van der Waals surface area contributed by atoms with Crippen molar-refractivity contribution in [3.63, 3.8) is 0 Å². The largest absolute Gasteiger partial charge is 0.477 e. The van der Waals surface area contributed by atoms with Crippen LogP contribution in [0.15, 0.2) is 36.6 Å². The Labute approximate surface area is 102 Å². The average Bonchev–Trinajstić information content (AvgIpc) is 2.42. The van der Waals surface area contributed by atoms with Crippen LogP contribution in [0.25, 0.3) is 5.57 Å². The Kier molecular flexibility index (Phi) is 5.14. The van der Waals surface area contributed by atoms with Crippen LogP contribution < -0.4 is 0 Å². The maximum atomic E-state index is 10.6. The molecule has 1 aromatic heterocycles. The van der Waals surface area contributed by atoms with Crippen molar-refractivity contribution >= 4 is 11.5 Å². The lowest BCUT2D eigenvalue weighted by molar-refractivity contribution is 0.0690. The quantitative estimate of drug-likeness (QED) is 0.846. The molecule has 0 saturated heterocycles. The van der Waals surface area contributed by atoms with Crippen molar-refractivity contribution in [1.29, 1.82) is 0 Å². The highest BCUT2D eigenvalue weighted by atomic mass is 16.4. The van der Waals surface area contributed by atoms with Crippen LogP contribution in [0.1, 0.15) is 42.7 Å². The van der Waals surface area contributed by atoms with Crippen LogP contribution in [-0.2, 0) is 0 Å². The summed E-state index contributed by atoms with van der Waals surface area (Å²) in [5.41, 5.74) is 2.17. The number of hydrogen-bond donors (Lipinski definition) is 1. The predicted molar refractivity (Wildman–Crippen MR) is 68.9 cm³/mol. The van der Waals surface area contributed by atoms with E-state index in [1.807, 2.05) is 19.9 Å². The summed E-state index contributed by atoms with van der Waals surface area (Å²) in [6.45, 7) is 4.00. The molecule has 1 N–H and O–H groups in total. The molecule has 0 saturated carbocycles. The zero-order chi connectivity index (χ0) is 12.7. The van der Waals surface area contributed by atoms with Gasteiger partial charge >= 0.3 is 5.97 Å². The third-order valence-corrected chi connectivity index (χ3v) is 2.31. The zero-order valence-electron chi connectivity index (χ0n) is 10.2. The first-order valence-corrected chi connectivity index (χ1v) is 5.84. The topological polar surface area (TPSA) is 50.2 Å². The summed E-state index contributed by atoms with van der Waals surface area (Å²) in [6.07, 6.45) is 10.0. The highest BCUT2D eigenvalue weighted by Gasteiger charge is 2.05. The smallest absolute Gasteiger partial charge is 0.354 e. The number of carboxylic acid groups (broad SMARTS) is 1. The Bertz CT molecular complexity index is 430. The molecule has 0 radical (unpaired) electrons. The van der Waals surface area contributed by atoms with Crippen molar-refractivity contribution < 1.29 is 9.90 Å². The minimum absolute atomic E-state index is 0.0825. The molecule has 1 aliphatic carbocycles. The molecule has 1 heterocycles.